The molecule has 1 aliphatic heterocycles. The van der Waals surface area contributed by atoms with Gasteiger partial charge in [0.2, 0.25) is 5.91 Å². The van der Waals surface area contributed by atoms with E-state index in [0.29, 0.717) is 36.9 Å². The van der Waals surface area contributed by atoms with Gasteiger partial charge in [-0.2, -0.15) is 26.3 Å². The topological polar surface area (TPSA) is 58.4 Å². The monoisotopic (exact) mass is 613 g/mol. The molecule has 0 spiro atoms. The van der Waals surface area contributed by atoms with E-state index in [0.717, 1.165) is 32.4 Å². The summed E-state index contributed by atoms with van der Waals surface area (Å²) in [6.45, 7) is 4.18. The first-order chi connectivity index (χ1) is 19.8. The van der Waals surface area contributed by atoms with E-state index in [4.69, 9.17) is 11.6 Å². The number of nitrogens with zero attached hydrogens (tertiary/aromatic N) is 1. The Morgan fingerprint density at radius 3 is 2.43 bits per heavy atom. The molecule has 1 aromatic rings. The lowest BCUT2D eigenvalue weighted by molar-refractivity contribution is -0.143. The number of rotatable bonds is 12. The van der Waals surface area contributed by atoms with Gasteiger partial charge in [-0.05, 0) is 86.4 Å². The van der Waals surface area contributed by atoms with Crippen LogP contribution in [0.5, 0.6) is 0 Å². The van der Waals surface area contributed by atoms with Crippen molar-refractivity contribution in [1.82, 2.24) is 10.2 Å². The number of piperidine rings is 1. The number of amides is 1. The van der Waals surface area contributed by atoms with E-state index in [1.807, 2.05) is 18.2 Å². The number of halogens is 6. The SMILES string of the molecule is C#C/C=C\C=C/C/C=C\C1CCN(CCC(C(=O)NCc2cc(C(F)(F)F)cc(C(F)(F)F)c2)C2CC2SN)CC1C. The molecule has 4 nitrogen and oxygen atoms in total. The van der Waals surface area contributed by atoms with Gasteiger partial charge in [0.1, 0.15) is 0 Å². The Labute approximate surface area is 248 Å². The summed E-state index contributed by atoms with van der Waals surface area (Å²) >= 11 is 1.18. The van der Waals surface area contributed by atoms with Gasteiger partial charge in [-0.1, -0.05) is 55.2 Å². The second-order valence-electron chi connectivity index (χ2n) is 10.9. The van der Waals surface area contributed by atoms with Crippen LogP contribution < -0.4 is 10.5 Å². The molecule has 2 aliphatic rings. The molecule has 0 aromatic heterocycles. The van der Waals surface area contributed by atoms with E-state index in [2.05, 4.69) is 35.2 Å². The number of likely N-dealkylation sites (tertiary alicyclic amines) is 1. The minimum Gasteiger partial charge on any atom is -0.352 e. The number of nitrogens with two attached hydrogens (primary N) is 1. The third-order valence-electron chi connectivity index (χ3n) is 7.83. The van der Waals surface area contributed by atoms with Crippen molar-refractivity contribution in [3.8, 4) is 12.3 Å². The molecular formula is C31H37F6N3OS. The van der Waals surface area contributed by atoms with Gasteiger partial charge < -0.3 is 10.2 Å². The van der Waals surface area contributed by atoms with Gasteiger partial charge in [0.05, 0.1) is 11.1 Å². The average Bonchev–Trinajstić information content (AvgIpc) is 3.71. The van der Waals surface area contributed by atoms with Crippen molar-refractivity contribution in [2.75, 3.05) is 19.6 Å². The van der Waals surface area contributed by atoms with Gasteiger partial charge in [-0.15, -0.1) is 6.42 Å². The van der Waals surface area contributed by atoms with Crippen LogP contribution in [0.3, 0.4) is 0 Å². The lowest BCUT2D eigenvalue weighted by Crippen LogP contribution is -2.41. The molecule has 42 heavy (non-hydrogen) atoms. The van der Waals surface area contributed by atoms with Gasteiger partial charge in [0.25, 0.3) is 0 Å². The summed E-state index contributed by atoms with van der Waals surface area (Å²) in [6.07, 6.45) is 10.1. The number of alkyl halides is 6. The molecule has 1 saturated heterocycles. The van der Waals surface area contributed by atoms with Gasteiger partial charge >= 0.3 is 12.4 Å². The standard InChI is InChI=1S/C31H37F6N3OS/c1-3-4-5-6-7-8-9-10-23-11-13-40(20-21(23)2)14-12-26(27-18-28(27)42-38)29(41)39-19-22-15-24(30(32,33)34)17-25(16-22)31(35,36)37/h1,4-7,9-10,15-17,21,23,26-28H,8,11-14,18-20,38H2,2H3,(H,39,41)/b5-4-,7-6-,10-9-. The number of carbonyl (C=O) groups is 1. The summed E-state index contributed by atoms with van der Waals surface area (Å²) in [5.74, 6) is 2.52. The maximum absolute atomic E-state index is 13.2. The second kappa shape index (κ2) is 15.2. The molecule has 0 radical (unpaired) electrons. The first kappa shape index (κ1) is 33.8. The lowest BCUT2D eigenvalue weighted by Gasteiger charge is -2.36. The van der Waals surface area contributed by atoms with E-state index in [1.54, 1.807) is 6.08 Å². The molecule has 230 valence electrons. The zero-order chi connectivity index (χ0) is 30.9. The maximum atomic E-state index is 13.2. The zero-order valence-electron chi connectivity index (χ0n) is 23.4. The Morgan fingerprint density at radius 1 is 1.17 bits per heavy atom. The van der Waals surface area contributed by atoms with Crippen molar-refractivity contribution in [2.24, 2.45) is 28.8 Å². The highest BCUT2D eigenvalue weighted by atomic mass is 32.2. The summed E-state index contributed by atoms with van der Waals surface area (Å²) in [6, 6.07) is 1.37. The fourth-order valence-corrected chi connectivity index (χ4v) is 6.14. The van der Waals surface area contributed by atoms with Crippen molar-refractivity contribution in [1.29, 1.82) is 0 Å². The molecule has 1 saturated carbocycles. The van der Waals surface area contributed by atoms with E-state index < -0.39 is 35.9 Å². The minimum absolute atomic E-state index is 0.0219. The van der Waals surface area contributed by atoms with Gasteiger partial charge in [0.15, 0.2) is 0 Å². The van der Waals surface area contributed by atoms with Gasteiger partial charge in [-0.25, -0.2) is 0 Å². The van der Waals surface area contributed by atoms with Crippen molar-refractivity contribution < 1.29 is 31.1 Å². The Kier molecular flexibility index (Phi) is 12.2. The van der Waals surface area contributed by atoms with Crippen LogP contribution in [0.15, 0.2) is 54.7 Å². The van der Waals surface area contributed by atoms with Gasteiger partial charge in [-0.3, -0.25) is 9.93 Å². The zero-order valence-corrected chi connectivity index (χ0v) is 24.2. The van der Waals surface area contributed by atoms with Crippen LogP contribution in [0, 0.1) is 36.0 Å². The quantitative estimate of drug-likeness (QED) is 0.0878. The molecule has 5 unspecified atom stereocenters. The van der Waals surface area contributed by atoms with Crippen LogP contribution in [0.2, 0.25) is 0 Å². The number of hydrogen-bond acceptors (Lipinski definition) is 4. The molecule has 2 fully saturated rings. The molecule has 5 atom stereocenters. The summed E-state index contributed by atoms with van der Waals surface area (Å²) < 4.78 is 79.4. The fourth-order valence-electron chi connectivity index (χ4n) is 5.41. The fraction of sp³-hybridized carbons (Fsp3) is 0.516. The molecule has 1 heterocycles. The minimum atomic E-state index is -4.94. The van der Waals surface area contributed by atoms with E-state index in [-0.39, 0.29) is 28.7 Å². The predicted octanol–water partition coefficient (Wildman–Crippen LogP) is 6.99. The van der Waals surface area contributed by atoms with Crippen LogP contribution in [-0.4, -0.2) is 35.7 Å². The Hall–Kier alpha value is -2.68. The average molecular weight is 614 g/mol. The normalized spacial score (nSPS) is 24.4. The molecule has 1 amide bonds. The third kappa shape index (κ3) is 10.2. The largest absolute Gasteiger partial charge is 0.416 e. The predicted molar refractivity (Wildman–Crippen MR) is 155 cm³/mol. The second-order valence-corrected chi connectivity index (χ2v) is 11.8. The first-order valence-corrected chi connectivity index (χ1v) is 14.9. The number of carbonyl (C=O) groups excluding carboxylic acids is 1. The molecule has 3 rings (SSSR count). The van der Waals surface area contributed by atoms with Gasteiger partial charge in [0, 0.05) is 24.3 Å². The van der Waals surface area contributed by atoms with E-state index in [1.165, 1.54) is 11.9 Å². The summed E-state index contributed by atoms with van der Waals surface area (Å²) in [7, 11) is 0. The highest BCUT2D eigenvalue weighted by molar-refractivity contribution is 7.98. The van der Waals surface area contributed by atoms with E-state index >= 15 is 0 Å². The Morgan fingerprint density at radius 2 is 1.86 bits per heavy atom. The van der Waals surface area contributed by atoms with Crippen molar-refractivity contribution >= 4 is 17.9 Å². The molecule has 11 heteroatoms. The summed E-state index contributed by atoms with van der Waals surface area (Å²) in [4.78, 5) is 15.5. The first-order valence-electron chi connectivity index (χ1n) is 13.9. The lowest BCUT2D eigenvalue weighted by atomic mass is 9.86. The smallest absolute Gasteiger partial charge is 0.352 e. The van der Waals surface area contributed by atoms with Crippen molar-refractivity contribution in [3.63, 3.8) is 0 Å². The van der Waals surface area contributed by atoms with Crippen LogP contribution in [0.25, 0.3) is 0 Å². The summed E-state index contributed by atoms with van der Waals surface area (Å²) in [5.41, 5.74) is -3.06. The molecule has 1 aliphatic carbocycles. The van der Waals surface area contributed by atoms with Crippen LogP contribution in [0.1, 0.15) is 49.3 Å². The molecule has 0 bridgehead atoms. The Bertz CT molecular complexity index is 1150. The van der Waals surface area contributed by atoms with Crippen LogP contribution >= 0.6 is 11.9 Å². The Balaban J connectivity index is 1.57. The number of nitrogens with one attached hydrogen (secondary N) is 1. The molecule has 1 aromatic carbocycles. The van der Waals surface area contributed by atoms with Crippen LogP contribution in [0.4, 0.5) is 26.3 Å². The molecular weight excluding hydrogens is 576 g/mol. The maximum Gasteiger partial charge on any atom is 0.416 e. The van der Waals surface area contributed by atoms with Crippen molar-refractivity contribution in [2.45, 2.75) is 56.8 Å². The number of terminal acetylenes is 1. The third-order valence-corrected chi connectivity index (χ3v) is 8.72. The van der Waals surface area contributed by atoms with E-state index in [9.17, 15) is 31.1 Å². The number of benzene rings is 1. The van der Waals surface area contributed by atoms with Crippen LogP contribution in [-0.2, 0) is 23.7 Å². The van der Waals surface area contributed by atoms with Crippen molar-refractivity contribution in [3.05, 3.63) is 71.3 Å². The summed E-state index contributed by atoms with van der Waals surface area (Å²) in [5, 5.41) is 8.44. The number of hydrogen-bond donors (Lipinski definition) is 2. The molecule has 3 N–H and O–H groups in total. The highest BCUT2D eigenvalue weighted by Gasteiger charge is 2.46. The highest BCUT2D eigenvalue weighted by Crippen LogP contribution is 2.46. The number of allylic oxidation sites excluding steroid dienone is 6.